The molecule has 1 rings (SSSR count). The fourth-order valence-corrected chi connectivity index (χ4v) is 3.80. The van der Waals surface area contributed by atoms with E-state index in [2.05, 4.69) is 10.0 Å². The van der Waals surface area contributed by atoms with Crippen LogP contribution in [0.5, 0.6) is 5.75 Å². The molecule has 0 radical (unpaired) electrons. The summed E-state index contributed by atoms with van der Waals surface area (Å²) >= 11 is 0. The lowest BCUT2D eigenvalue weighted by Gasteiger charge is -2.17. The molecule has 1 aromatic carbocycles. The minimum absolute atomic E-state index is 0.222. The average molecular weight is 328 g/mol. The number of anilines is 2. The van der Waals surface area contributed by atoms with Crippen LogP contribution in [0.3, 0.4) is 0 Å². The second kappa shape index (κ2) is 8.03. The Balaban J connectivity index is 3.01. The summed E-state index contributed by atoms with van der Waals surface area (Å²) in [5, 5.41) is 2.21. The van der Waals surface area contributed by atoms with Gasteiger partial charge in [0.15, 0.2) is 0 Å². The maximum atomic E-state index is 12.4. The number of sulfonamides is 1. The minimum Gasteiger partial charge on any atom is -0.494 e. The van der Waals surface area contributed by atoms with Gasteiger partial charge in [-0.05, 0) is 25.0 Å². The lowest BCUT2D eigenvalue weighted by atomic mass is 10.2. The summed E-state index contributed by atoms with van der Waals surface area (Å²) < 4.78 is 32.5. The molecule has 2 N–H and O–H groups in total. The third-order valence-corrected chi connectivity index (χ3v) is 5.24. The number of amides is 1. The third kappa shape index (κ3) is 4.91. The first-order chi connectivity index (χ1) is 10.3. The number of carbonyl (C=O) groups excluding carboxylic acids is 1. The van der Waals surface area contributed by atoms with Gasteiger partial charge in [-0.15, -0.1) is 0 Å². The number of hydrogen-bond donors (Lipinski definition) is 2. The highest BCUT2D eigenvalue weighted by atomic mass is 32.2. The Morgan fingerprint density at radius 3 is 2.50 bits per heavy atom. The van der Waals surface area contributed by atoms with Crippen LogP contribution < -0.4 is 14.8 Å². The summed E-state index contributed by atoms with van der Waals surface area (Å²) in [5.74, 6) is 0.180. The van der Waals surface area contributed by atoms with E-state index < -0.39 is 15.3 Å². The summed E-state index contributed by atoms with van der Waals surface area (Å²) in [4.78, 5) is 11.1. The molecule has 0 saturated carbocycles. The first-order valence-corrected chi connectivity index (χ1v) is 8.85. The van der Waals surface area contributed by atoms with Gasteiger partial charge in [-0.25, -0.2) is 8.42 Å². The van der Waals surface area contributed by atoms with Gasteiger partial charge in [-0.1, -0.05) is 20.3 Å². The smallest absolute Gasteiger partial charge is 0.235 e. The molecule has 0 aliphatic carbocycles. The number of ether oxygens (including phenoxy) is 1. The van der Waals surface area contributed by atoms with E-state index >= 15 is 0 Å². The van der Waals surface area contributed by atoms with Gasteiger partial charge in [0, 0.05) is 13.0 Å². The van der Waals surface area contributed by atoms with Crippen molar-refractivity contribution in [2.75, 3.05) is 17.1 Å². The van der Waals surface area contributed by atoms with Crippen LogP contribution in [0, 0.1) is 0 Å². The maximum absolute atomic E-state index is 12.4. The van der Waals surface area contributed by atoms with Gasteiger partial charge in [-0.2, -0.15) is 0 Å². The first-order valence-electron chi connectivity index (χ1n) is 7.31. The molecule has 1 aromatic rings. The van der Waals surface area contributed by atoms with Crippen LogP contribution in [0.4, 0.5) is 11.4 Å². The van der Waals surface area contributed by atoms with Crippen LogP contribution in [0.15, 0.2) is 18.2 Å². The van der Waals surface area contributed by atoms with Crippen molar-refractivity contribution in [2.24, 2.45) is 0 Å². The Kier molecular flexibility index (Phi) is 6.67. The van der Waals surface area contributed by atoms with E-state index in [0.717, 1.165) is 6.42 Å². The zero-order valence-electron chi connectivity index (χ0n) is 13.5. The van der Waals surface area contributed by atoms with Gasteiger partial charge >= 0.3 is 0 Å². The summed E-state index contributed by atoms with van der Waals surface area (Å²) in [6.07, 6.45) is 1.99. The van der Waals surface area contributed by atoms with Crippen molar-refractivity contribution < 1.29 is 17.9 Å². The largest absolute Gasteiger partial charge is 0.494 e. The normalized spacial score (nSPS) is 12.5. The molecular formula is C15H24N2O4S. The molecule has 1 atom stereocenters. The van der Waals surface area contributed by atoms with Gasteiger partial charge in [0.1, 0.15) is 5.75 Å². The molecule has 0 bridgehead atoms. The van der Waals surface area contributed by atoms with E-state index in [1.807, 2.05) is 13.8 Å². The molecule has 7 heteroatoms. The second-order valence-corrected chi connectivity index (χ2v) is 7.02. The number of nitrogens with one attached hydrogen (secondary N) is 2. The molecule has 0 aliphatic heterocycles. The number of methoxy groups -OCH3 is 1. The highest BCUT2D eigenvalue weighted by Crippen LogP contribution is 2.29. The van der Waals surface area contributed by atoms with Crippen molar-refractivity contribution in [1.82, 2.24) is 0 Å². The number of carbonyl (C=O) groups is 1. The third-order valence-electron chi connectivity index (χ3n) is 3.28. The molecule has 124 valence electrons. The molecule has 1 unspecified atom stereocenters. The molecule has 0 fully saturated rings. The van der Waals surface area contributed by atoms with Crippen LogP contribution in [0.2, 0.25) is 0 Å². The van der Waals surface area contributed by atoms with Crippen molar-refractivity contribution in [3.8, 4) is 5.75 Å². The van der Waals surface area contributed by atoms with E-state index in [-0.39, 0.29) is 5.91 Å². The molecule has 22 heavy (non-hydrogen) atoms. The van der Waals surface area contributed by atoms with Crippen LogP contribution in [0.1, 0.15) is 40.0 Å². The maximum Gasteiger partial charge on any atom is 0.235 e. The van der Waals surface area contributed by atoms with E-state index in [9.17, 15) is 13.2 Å². The van der Waals surface area contributed by atoms with E-state index in [1.54, 1.807) is 18.2 Å². The summed E-state index contributed by atoms with van der Waals surface area (Å²) in [6.45, 7) is 5.22. The van der Waals surface area contributed by atoms with Crippen LogP contribution >= 0.6 is 0 Å². The number of benzene rings is 1. The monoisotopic (exact) mass is 328 g/mol. The lowest BCUT2D eigenvalue weighted by molar-refractivity contribution is -0.114. The highest BCUT2D eigenvalue weighted by molar-refractivity contribution is 7.93. The summed E-state index contributed by atoms with van der Waals surface area (Å²) in [7, 11) is -1.98. The Morgan fingerprint density at radius 1 is 1.32 bits per heavy atom. The highest BCUT2D eigenvalue weighted by Gasteiger charge is 2.23. The zero-order valence-corrected chi connectivity index (χ0v) is 14.3. The standard InChI is InChI=1S/C15H24N2O4S/c1-5-7-13(6-2)22(19,20)17-12-8-9-14(16-11(3)18)15(10-12)21-4/h8-10,13,17H,5-7H2,1-4H3,(H,16,18). The molecule has 0 saturated heterocycles. The molecular weight excluding hydrogens is 304 g/mol. The molecule has 0 heterocycles. The van der Waals surface area contributed by atoms with Gasteiger partial charge in [-0.3, -0.25) is 9.52 Å². The van der Waals surface area contributed by atoms with E-state index in [1.165, 1.54) is 14.0 Å². The second-order valence-electron chi connectivity index (χ2n) is 5.06. The molecule has 6 nitrogen and oxygen atoms in total. The molecule has 0 spiro atoms. The number of hydrogen-bond acceptors (Lipinski definition) is 4. The topological polar surface area (TPSA) is 84.5 Å². The lowest BCUT2D eigenvalue weighted by Crippen LogP contribution is -2.27. The fourth-order valence-electron chi connectivity index (χ4n) is 2.20. The van der Waals surface area contributed by atoms with E-state index in [0.29, 0.717) is 30.0 Å². The van der Waals surface area contributed by atoms with Gasteiger partial charge in [0.2, 0.25) is 15.9 Å². The quantitative estimate of drug-likeness (QED) is 0.768. The van der Waals surface area contributed by atoms with Crippen molar-refractivity contribution >= 4 is 27.3 Å². The Bertz CT molecular complexity index is 614. The Hall–Kier alpha value is -1.76. The van der Waals surface area contributed by atoms with Crippen molar-refractivity contribution in [2.45, 2.75) is 45.3 Å². The summed E-state index contributed by atoms with van der Waals surface area (Å²) in [5.41, 5.74) is 0.916. The van der Waals surface area contributed by atoms with Crippen LogP contribution in [-0.4, -0.2) is 26.7 Å². The Labute approximate surface area is 132 Å². The van der Waals surface area contributed by atoms with Crippen molar-refractivity contribution in [3.63, 3.8) is 0 Å². The fraction of sp³-hybridized carbons (Fsp3) is 0.533. The predicted molar refractivity (Wildman–Crippen MR) is 88.8 cm³/mol. The van der Waals surface area contributed by atoms with Gasteiger partial charge in [0.25, 0.3) is 0 Å². The SMILES string of the molecule is CCCC(CC)S(=O)(=O)Nc1ccc(NC(C)=O)c(OC)c1. The van der Waals surface area contributed by atoms with Gasteiger partial charge < -0.3 is 10.1 Å². The first kappa shape index (κ1) is 18.3. The van der Waals surface area contributed by atoms with Crippen LogP contribution in [0.25, 0.3) is 0 Å². The predicted octanol–water partition coefficient (Wildman–Crippen LogP) is 2.97. The van der Waals surface area contributed by atoms with Crippen molar-refractivity contribution in [3.05, 3.63) is 18.2 Å². The molecule has 0 aromatic heterocycles. The van der Waals surface area contributed by atoms with Crippen LogP contribution in [-0.2, 0) is 14.8 Å². The number of rotatable bonds is 8. The average Bonchev–Trinajstić information content (AvgIpc) is 2.45. The molecule has 0 aliphatic rings. The minimum atomic E-state index is -3.44. The Morgan fingerprint density at radius 2 is 2.00 bits per heavy atom. The van der Waals surface area contributed by atoms with Gasteiger partial charge in [0.05, 0.1) is 23.7 Å². The summed E-state index contributed by atoms with van der Waals surface area (Å²) in [6, 6.07) is 4.77. The van der Waals surface area contributed by atoms with Crippen molar-refractivity contribution in [1.29, 1.82) is 0 Å². The van der Waals surface area contributed by atoms with E-state index in [4.69, 9.17) is 4.74 Å². The zero-order chi connectivity index (χ0) is 16.8. The molecule has 1 amide bonds.